The zero-order valence-corrected chi connectivity index (χ0v) is 11.0. The maximum atomic E-state index is 10.7. The van der Waals surface area contributed by atoms with Gasteiger partial charge in [-0.3, -0.25) is 10.1 Å². The number of nitrogens with two attached hydrogens (primary N) is 1. The highest BCUT2D eigenvalue weighted by molar-refractivity contribution is 5.75. The highest BCUT2D eigenvalue weighted by Gasteiger charge is 2.13. The Bertz CT molecular complexity index is 703. The second-order valence-corrected chi connectivity index (χ2v) is 4.51. The topological polar surface area (TPSA) is 99.7 Å². The summed E-state index contributed by atoms with van der Waals surface area (Å²) in [6.07, 6.45) is 0. The van der Waals surface area contributed by atoms with Crippen molar-refractivity contribution in [1.82, 2.24) is 0 Å². The molecule has 0 saturated heterocycles. The number of rotatable bonds is 3. The molecule has 3 N–H and O–H groups in total. The Balaban J connectivity index is 1.85. The van der Waals surface area contributed by atoms with Crippen LogP contribution < -0.4 is 20.5 Å². The molecule has 0 radical (unpaired) electrons. The molecule has 1 aliphatic heterocycles. The third-order valence-electron chi connectivity index (χ3n) is 3.07. The number of nitrogens with zero attached hydrogens (tertiary/aromatic N) is 1. The predicted octanol–water partition coefficient (Wildman–Crippen LogP) is 2.69. The normalized spacial score (nSPS) is 12.8. The summed E-state index contributed by atoms with van der Waals surface area (Å²) >= 11 is 0. The van der Waals surface area contributed by atoms with Gasteiger partial charge in [0.15, 0.2) is 11.5 Å². The summed E-state index contributed by atoms with van der Waals surface area (Å²) in [6.45, 7) is 1.05. The lowest BCUT2D eigenvalue weighted by Crippen LogP contribution is -2.15. The number of nitro groups is 1. The van der Waals surface area contributed by atoms with Crippen molar-refractivity contribution in [2.75, 3.05) is 24.3 Å². The Labute approximate surface area is 120 Å². The van der Waals surface area contributed by atoms with Crippen molar-refractivity contribution < 1.29 is 14.4 Å². The minimum Gasteiger partial charge on any atom is -0.486 e. The molecule has 2 aromatic rings. The highest BCUT2D eigenvalue weighted by Crippen LogP contribution is 2.34. The molecular formula is C14H13N3O4. The van der Waals surface area contributed by atoms with Crippen LogP contribution in [0.25, 0.3) is 0 Å². The first-order chi connectivity index (χ1) is 10.1. The van der Waals surface area contributed by atoms with E-state index in [1.54, 1.807) is 18.2 Å². The molecule has 7 heteroatoms. The Morgan fingerprint density at radius 1 is 1.10 bits per heavy atom. The summed E-state index contributed by atoms with van der Waals surface area (Å²) in [6, 6.07) is 9.73. The van der Waals surface area contributed by atoms with Crippen molar-refractivity contribution in [2.45, 2.75) is 0 Å². The van der Waals surface area contributed by atoms with E-state index in [0.717, 1.165) is 5.69 Å². The van der Waals surface area contributed by atoms with Gasteiger partial charge in [0.25, 0.3) is 5.69 Å². The van der Waals surface area contributed by atoms with Gasteiger partial charge in [0.05, 0.1) is 16.3 Å². The average Bonchev–Trinajstić information content (AvgIpc) is 2.49. The maximum Gasteiger partial charge on any atom is 0.271 e. The first kappa shape index (κ1) is 13.0. The molecule has 108 valence electrons. The molecule has 21 heavy (non-hydrogen) atoms. The number of ether oxygens (including phenoxy) is 2. The van der Waals surface area contributed by atoms with Gasteiger partial charge in [-0.2, -0.15) is 0 Å². The quantitative estimate of drug-likeness (QED) is 0.511. The largest absolute Gasteiger partial charge is 0.486 e. The van der Waals surface area contributed by atoms with E-state index in [-0.39, 0.29) is 5.69 Å². The second-order valence-electron chi connectivity index (χ2n) is 4.51. The van der Waals surface area contributed by atoms with Gasteiger partial charge in [0, 0.05) is 23.9 Å². The van der Waals surface area contributed by atoms with Crippen LogP contribution in [0.3, 0.4) is 0 Å². The fourth-order valence-corrected chi connectivity index (χ4v) is 2.05. The highest BCUT2D eigenvalue weighted by atomic mass is 16.6. The zero-order valence-electron chi connectivity index (χ0n) is 11.0. The molecule has 1 heterocycles. The van der Waals surface area contributed by atoms with Crippen LogP contribution in [0.4, 0.5) is 22.7 Å². The minimum absolute atomic E-state index is 0.0415. The summed E-state index contributed by atoms with van der Waals surface area (Å²) in [5.74, 6) is 1.36. The molecular weight excluding hydrogens is 274 g/mol. The van der Waals surface area contributed by atoms with E-state index in [4.69, 9.17) is 15.2 Å². The third-order valence-corrected chi connectivity index (χ3v) is 3.07. The van der Waals surface area contributed by atoms with Crippen LogP contribution >= 0.6 is 0 Å². The van der Waals surface area contributed by atoms with Gasteiger partial charge in [-0.05, 0) is 18.2 Å². The number of fused-ring (bicyclic) bond motifs is 1. The number of anilines is 3. The molecule has 0 atom stereocenters. The number of nitrogen functional groups attached to an aromatic ring is 1. The van der Waals surface area contributed by atoms with Crippen molar-refractivity contribution in [2.24, 2.45) is 0 Å². The van der Waals surface area contributed by atoms with E-state index in [2.05, 4.69) is 5.32 Å². The summed E-state index contributed by atoms with van der Waals surface area (Å²) in [4.78, 5) is 10.2. The van der Waals surface area contributed by atoms with Crippen molar-refractivity contribution >= 4 is 22.7 Å². The van der Waals surface area contributed by atoms with Crippen LogP contribution in [0.1, 0.15) is 0 Å². The van der Waals surface area contributed by atoms with Crippen molar-refractivity contribution in [1.29, 1.82) is 0 Å². The SMILES string of the molecule is Nc1cc([N+](=O)[O-])ccc1Nc1ccc2c(c1)OCCO2. The number of hydrogen-bond donors (Lipinski definition) is 2. The van der Waals surface area contributed by atoms with Gasteiger partial charge >= 0.3 is 0 Å². The lowest BCUT2D eigenvalue weighted by Gasteiger charge is -2.19. The van der Waals surface area contributed by atoms with Gasteiger partial charge in [-0.15, -0.1) is 0 Å². The van der Waals surface area contributed by atoms with Gasteiger partial charge in [0.2, 0.25) is 0 Å². The van der Waals surface area contributed by atoms with Crippen molar-refractivity contribution in [3.05, 3.63) is 46.5 Å². The van der Waals surface area contributed by atoms with E-state index in [1.807, 2.05) is 6.07 Å². The lowest BCUT2D eigenvalue weighted by atomic mass is 10.2. The molecule has 0 spiro atoms. The Morgan fingerprint density at radius 3 is 2.57 bits per heavy atom. The van der Waals surface area contributed by atoms with Gasteiger partial charge in [0.1, 0.15) is 13.2 Å². The zero-order chi connectivity index (χ0) is 14.8. The Morgan fingerprint density at radius 2 is 1.86 bits per heavy atom. The molecule has 0 amide bonds. The number of benzene rings is 2. The lowest BCUT2D eigenvalue weighted by molar-refractivity contribution is -0.384. The summed E-state index contributed by atoms with van der Waals surface area (Å²) in [5, 5.41) is 13.8. The standard InChI is InChI=1S/C14H13N3O4/c15-11-8-10(17(18)19)2-3-12(11)16-9-1-4-13-14(7-9)21-6-5-20-13/h1-4,7-8,16H,5-6,15H2. The molecule has 0 bridgehead atoms. The fraction of sp³-hybridized carbons (Fsp3) is 0.143. The van der Waals surface area contributed by atoms with Gasteiger partial charge in [-0.1, -0.05) is 0 Å². The summed E-state index contributed by atoms with van der Waals surface area (Å²) in [7, 11) is 0. The van der Waals surface area contributed by atoms with Crippen LogP contribution in [0, 0.1) is 10.1 Å². The van der Waals surface area contributed by atoms with Crippen LogP contribution in [-0.2, 0) is 0 Å². The van der Waals surface area contributed by atoms with Crippen LogP contribution in [0.2, 0.25) is 0 Å². The average molecular weight is 287 g/mol. The smallest absolute Gasteiger partial charge is 0.271 e. The number of hydrogen-bond acceptors (Lipinski definition) is 6. The molecule has 0 aromatic heterocycles. The Hall–Kier alpha value is -2.96. The predicted molar refractivity (Wildman–Crippen MR) is 78.2 cm³/mol. The third kappa shape index (κ3) is 2.66. The molecule has 1 aliphatic rings. The second kappa shape index (κ2) is 5.20. The monoisotopic (exact) mass is 287 g/mol. The van der Waals surface area contributed by atoms with Crippen LogP contribution in [0.5, 0.6) is 11.5 Å². The molecule has 0 fully saturated rings. The van der Waals surface area contributed by atoms with E-state index in [1.165, 1.54) is 12.1 Å². The van der Waals surface area contributed by atoms with E-state index in [9.17, 15) is 10.1 Å². The Kier molecular flexibility index (Phi) is 3.23. The molecule has 2 aromatic carbocycles. The van der Waals surface area contributed by atoms with Crippen molar-refractivity contribution in [3.63, 3.8) is 0 Å². The molecule has 0 aliphatic carbocycles. The molecule has 0 unspecified atom stereocenters. The first-order valence-electron chi connectivity index (χ1n) is 6.34. The summed E-state index contributed by atoms with van der Waals surface area (Å²) < 4.78 is 10.9. The van der Waals surface area contributed by atoms with Gasteiger partial charge in [-0.25, -0.2) is 0 Å². The van der Waals surface area contributed by atoms with Gasteiger partial charge < -0.3 is 20.5 Å². The molecule has 3 rings (SSSR count). The number of non-ortho nitro benzene ring substituents is 1. The molecule has 0 saturated carbocycles. The van der Waals surface area contributed by atoms with Crippen LogP contribution in [0.15, 0.2) is 36.4 Å². The maximum absolute atomic E-state index is 10.7. The fourth-order valence-electron chi connectivity index (χ4n) is 2.05. The number of nitrogens with one attached hydrogen (secondary N) is 1. The van der Waals surface area contributed by atoms with Crippen molar-refractivity contribution in [3.8, 4) is 11.5 Å². The summed E-state index contributed by atoms with van der Waals surface area (Å²) in [5.41, 5.74) is 7.44. The van der Waals surface area contributed by atoms with Crippen LogP contribution in [-0.4, -0.2) is 18.1 Å². The minimum atomic E-state index is -0.482. The van der Waals surface area contributed by atoms with E-state index in [0.29, 0.717) is 36.1 Å². The number of nitro benzene ring substituents is 1. The molecule has 7 nitrogen and oxygen atoms in total. The van der Waals surface area contributed by atoms with E-state index < -0.39 is 4.92 Å². The first-order valence-corrected chi connectivity index (χ1v) is 6.34. The van der Waals surface area contributed by atoms with E-state index >= 15 is 0 Å².